The van der Waals surface area contributed by atoms with Gasteiger partial charge in [-0.1, -0.05) is 29.3 Å². The van der Waals surface area contributed by atoms with Crippen LogP contribution in [0.1, 0.15) is 18.4 Å². The highest BCUT2D eigenvalue weighted by Gasteiger charge is 2.42. The van der Waals surface area contributed by atoms with Crippen molar-refractivity contribution in [2.75, 3.05) is 20.1 Å². The van der Waals surface area contributed by atoms with Crippen LogP contribution in [-0.4, -0.2) is 36.1 Å². The van der Waals surface area contributed by atoms with Gasteiger partial charge in [0.25, 0.3) is 0 Å². The summed E-state index contributed by atoms with van der Waals surface area (Å²) in [5, 5.41) is 10.5. The first-order valence-electron chi connectivity index (χ1n) is 5.83. The van der Waals surface area contributed by atoms with Gasteiger partial charge in [-0.05, 0) is 50.7 Å². The molecular formula is C13H15Cl2NO2. The molecule has 1 N–H and O–H groups in total. The minimum absolute atomic E-state index is 0.411. The van der Waals surface area contributed by atoms with Crippen molar-refractivity contribution >= 4 is 29.2 Å². The Bertz CT molecular complexity index is 468. The van der Waals surface area contributed by atoms with E-state index >= 15 is 0 Å². The molecule has 18 heavy (non-hydrogen) atoms. The summed E-state index contributed by atoms with van der Waals surface area (Å²) in [6, 6.07) is 5.12. The maximum absolute atomic E-state index is 11.7. The summed E-state index contributed by atoms with van der Waals surface area (Å²) in [4.78, 5) is 13.8. The normalized spacial score (nSPS) is 19.7. The lowest BCUT2D eigenvalue weighted by atomic mass is 9.73. The van der Waals surface area contributed by atoms with Gasteiger partial charge in [-0.2, -0.15) is 0 Å². The Morgan fingerprint density at radius 1 is 1.28 bits per heavy atom. The summed E-state index contributed by atoms with van der Waals surface area (Å²) in [7, 11) is 2.00. The Morgan fingerprint density at radius 2 is 1.89 bits per heavy atom. The molecule has 1 fully saturated rings. The van der Waals surface area contributed by atoms with E-state index in [9.17, 15) is 9.90 Å². The van der Waals surface area contributed by atoms with Gasteiger partial charge in [0.05, 0.1) is 15.5 Å². The average Bonchev–Trinajstić information content (AvgIpc) is 2.34. The van der Waals surface area contributed by atoms with Crippen LogP contribution in [0, 0.1) is 0 Å². The van der Waals surface area contributed by atoms with Crippen LogP contribution in [0.4, 0.5) is 0 Å². The number of piperidine rings is 1. The van der Waals surface area contributed by atoms with Gasteiger partial charge in [0.1, 0.15) is 0 Å². The van der Waals surface area contributed by atoms with Crippen LogP contribution < -0.4 is 0 Å². The van der Waals surface area contributed by atoms with Gasteiger partial charge in [0.2, 0.25) is 0 Å². The molecule has 0 atom stereocenters. The lowest BCUT2D eigenvalue weighted by Gasteiger charge is -2.37. The predicted octanol–water partition coefficient (Wildman–Crippen LogP) is 3.04. The lowest BCUT2D eigenvalue weighted by molar-refractivity contribution is -0.145. The zero-order chi connectivity index (χ0) is 13.3. The molecule has 1 aliphatic rings. The van der Waals surface area contributed by atoms with Crippen molar-refractivity contribution in [3.63, 3.8) is 0 Å². The minimum atomic E-state index is -0.833. The van der Waals surface area contributed by atoms with Gasteiger partial charge < -0.3 is 10.0 Å². The quantitative estimate of drug-likeness (QED) is 0.909. The molecule has 0 aromatic heterocycles. The molecule has 1 aromatic rings. The average molecular weight is 288 g/mol. The fourth-order valence-corrected chi connectivity index (χ4v) is 2.72. The molecule has 0 saturated carbocycles. The molecule has 1 heterocycles. The van der Waals surface area contributed by atoms with Crippen molar-refractivity contribution in [2.45, 2.75) is 18.3 Å². The second-order valence-corrected chi connectivity index (χ2v) is 5.63. The van der Waals surface area contributed by atoms with Crippen LogP contribution in [0.5, 0.6) is 0 Å². The lowest BCUT2D eigenvalue weighted by Crippen LogP contribution is -2.46. The first-order valence-corrected chi connectivity index (χ1v) is 6.59. The Balaban J connectivity index is 2.41. The van der Waals surface area contributed by atoms with E-state index in [1.165, 1.54) is 0 Å². The topological polar surface area (TPSA) is 40.5 Å². The first kappa shape index (κ1) is 13.7. The van der Waals surface area contributed by atoms with Crippen molar-refractivity contribution in [1.29, 1.82) is 0 Å². The molecule has 1 saturated heterocycles. The predicted molar refractivity (Wildman–Crippen MR) is 72.5 cm³/mol. The highest BCUT2D eigenvalue weighted by Crippen LogP contribution is 2.38. The maximum atomic E-state index is 11.7. The fraction of sp³-hybridized carbons (Fsp3) is 0.462. The van der Waals surface area contributed by atoms with Gasteiger partial charge in [0, 0.05) is 0 Å². The van der Waals surface area contributed by atoms with E-state index in [2.05, 4.69) is 4.90 Å². The molecule has 98 valence electrons. The van der Waals surface area contributed by atoms with Crippen molar-refractivity contribution < 1.29 is 9.90 Å². The summed E-state index contributed by atoms with van der Waals surface area (Å²) in [5.74, 6) is -0.783. The molecule has 0 spiro atoms. The number of benzene rings is 1. The third-order valence-electron chi connectivity index (χ3n) is 3.72. The van der Waals surface area contributed by atoms with Crippen LogP contribution in [0.25, 0.3) is 0 Å². The Labute approximate surface area is 116 Å². The number of carbonyl (C=O) groups is 1. The number of hydrogen-bond donors (Lipinski definition) is 1. The number of nitrogens with zero attached hydrogens (tertiary/aromatic N) is 1. The molecule has 5 heteroatoms. The van der Waals surface area contributed by atoms with E-state index in [-0.39, 0.29) is 0 Å². The number of aliphatic carboxylic acids is 1. The minimum Gasteiger partial charge on any atom is -0.481 e. The highest BCUT2D eigenvalue weighted by atomic mass is 35.5. The van der Waals surface area contributed by atoms with Gasteiger partial charge in [-0.15, -0.1) is 0 Å². The van der Waals surface area contributed by atoms with Crippen molar-refractivity contribution in [1.82, 2.24) is 4.90 Å². The van der Waals surface area contributed by atoms with Gasteiger partial charge >= 0.3 is 5.97 Å². The van der Waals surface area contributed by atoms with E-state index in [0.29, 0.717) is 22.9 Å². The van der Waals surface area contributed by atoms with Crippen LogP contribution in [0.3, 0.4) is 0 Å². The standard InChI is InChI=1S/C13H15Cl2NO2/c1-16-6-4-13(5-7-16,12(17)18)9-2-3-10(14)11(15)8-9/h2-3,8H,4-7H2,1H3,(H,17,18). The number of hydrogen-bond acceptors (Lipinski definition) is 2. The summed E-state index contributed by atoms with van der Waals surface area (Å²) in [5.41, 5.74) is -0.0849. The van der Waals surface area contributed by atoms with Crippen molar-refractivity contribution in [3.05, 3.63) is 33.8 Å². The Kier molecular flexibility index (Phi) is 3.85. The van der Waals surface area contributed by atoms with Crippen molar-refractivity contribution in [3.8, 4) is 0 Å². The van der Waals surface area contributed by atoms with Crippen LogP contribution in [-0.2, 0) is 10.2 Å². The van der Waals surface area contributed by atoms with E-state index in [1.807, 2.05) is 7.05 Å². The van der Waals surface area contributed by atoms with E-state index < -0.39 is 11.4 Å². The largest absolute Gasteiger partial charge is 0.481 e. The molecule has 1 aromatic carbocycles. The summed E-state index contributed by atoms with van der Waals surface area (Å²) in [6.07, 6.45) is 1.19. The number of carboxylic acids is 1. The first-order chi connectivity index (χ1) is 8.45. The molecule has 2 rings (SSSR count). The summed E-state index contributed by atoms with van der Waals surface area (Å²) < 4.78 is 0. The third kappa shape index (κ3) is 2.35. The van der Waals surface area contributed by atoms with Gasteiger partial charge in [-0.25, -0.2) is 0 Å². The van der Waals surface area contributed by atoms with Crippen molar-refractivity contribution in [2.24, 2.45) is 0 Å². The molecular weight excluding hydrogens is 273 g/mol. The number of halogens is 2. The molecule has 0 radical (unpaired) electrons. The molecule has 1 aliphatic heterocycles. The number of rotatable bonds is 2. The monoisotopic (exact) mass is 287 g/mol. The van der Waals surface area contributed by atoms with Gasteiger partial charge in [-0.3, -0.25) is 4.79 Å². The maximum Gasteiger partial charge on any atom is 0.314 e. The Morgan fingerprint density at radius 3 is 2.39 bits per heavy atom. The number of carboxylic acid groups (broad SMARTS) is 1. The molecule has 0 aliphatic carbocycles. The molecule has 3 nitrogen and oxygen atoms in total. The van der Waals surface area contributed by atoms with E-state index in [4.69, 9.17) is 23.2 Å². The highest BCUT2D eigenvalue weighted by molar-refractivity contribution is 6.42. The second-order valence-electron chi connectivity index (χ2n) is 4.82. The molecule has 0 unspecified atom stereocenters. The second kappa shape index (κ2) is 5.08. The van der Waals surface area contributed by atoms with E-state index in [1.54, 1.807) is 18.2 Å². The molecule has 0 amide bonds. The fourth-order valence-electron chi connectivity index (χ4n) is 2.42. The zero-order valence-corrected chi connectivity index (χ0v) is 11.6. The summed E-state index contributed by atoms with van der Waals surface area (Å²) >= 11 is 11.9. The third-order valence-corrected chi connectivity index (χ3v) is 4.46. The van der Waals surface area contributed by atoms with Crippen LogP contribution in [0.2, 0.25) is 10.0 Å². The Hall–Kier alpha value is -0.770. The summed E-state index contributed by atoms with van der Waals surface area (Å²) in [6.45, 7) is 1.54. The zero-order valence-electron chi connectivity index (χ0n) is 10.1. The number of likely N-dealkylation sites (tertiary alicyclic amines) is 1. The molecule has 0 bridgehead atoms. The SMILES string of the molecule is CN1CCC(C(=O)O)(c2ccc(Cl)c(Cl)c2)CC1. The van der Waals surface area contributed by atoms with Crippen LogP contribution >= 0.6 is 23.2 Å². The van der Waals surface area contributed by atoms with Gasteiger partial charge in [0.15, 0.2) is 0 Å². The smallest absolute Gasteiger partial charge is 0.314 e. The van der Waals surface area contributed by atoms with Crippen LogP contribution in [0.15, 0.2) is 18.2 Å². The van der Waals surface area contributed by atoms with E-state index in [0.717, 1.165) is 18.7 Å².